The van der Waals surface area contributed by atoms with E-state index < -0.39 is 21.7 Å². The largest absolute Gasteiger partial charge is 0.348 e. The molecule has 1 aliphatic heterocycles. The van der Waals surface area contributed by atoms with E-state index in [2.05, 4.69) is 21.8 Å². The third-order valence-corrected chi connectivity index (χ3v) is 7.07. The predicted molar refractivity (Wildman–Crippen MR) is 118 cm³/mol. The summed E-state index contributed by atoms with van der Waals surface area (Å²) in [4.78, 5) is 24.9. The van der Waals surface area contributed by atoms with Crippen LogP contribution in [0.3, 0.4) is 0 Å². The first-order chi connectivity index (χ1) is 14.8. The molecule has 0 bridgehead atoms. The smallest absolute Gasteiger partial charge is 0.314 e. The van der Waals surface area contributed by atoms with Crippen molar-refractivity contribution >= 4 is 39.1 Å². The summed E-state index contributed by atoms with van der Waals surface area (Å²) in [6, 6.07) is 6.79. The van der Waals surface area contributed by atoms with E-state index in [9.17, 15) is 18.0 Å². The molecule has 2 amide bonds. The van der Waals surface area contributed by atoms with Crippen LogP contribution in [-0.4, -0.2) is 36.6 Å². The topological polar surface area (TPSA) is 110 Å². The van der Waals surface area contributed by atoms with Crippen LogP contribution in [0, 0.1) is 0 Å². The van der Waals surface area contributed by atoms with E-state index >= 15 is 0 Å². The molecule has 2 heterocycles. The van der Waals surface area contributed by atoms with Crippen molar-refractivity contribution in [1.82, 2.24) is 15.1 Å². The van der Waals surface area contributed by atoms with Crippen LogP contribution < -0.4 is 10.6 Å². The summed E-state index contributed by atoms with van der Waals surface area (Å²) in [5, 5.41) is 10.0. The number of rotatable bonds is 5. The van der Waals surface area contributed by atoms with Gasteiger partial charge in [-0.15, -0.1) is 0 Å². The number of carbonyl (C=O) groups excluding carboxylic acids is 2. The van der Waals surface area contributed by atoms with Gasteiger partial charge in [-0.1, -0.05) is 29.3 Å². The number of allylic oxidation sites excluding steroid dienone is 1. The Morgan fingerprint density at radius 3 is 2.74 bits per heavy atom. The van der Waals surface area contributed by atoms with Crippen molar-refractivity contribution in [3.05, 3.63) is 52.2 Å². The fraction of sp³-hybridized carbons (Fsp3) is 0.381. The van der Waals surface area contributed by atoms with E-state index in [1.807, 2.05) is 0 Å². The highest BCUT2D eigenvalue weighted by Crippen LogP contribution is 2.33. The Morgan fingerprint density at radius 1 is 1.16 bits per heavy atom. The number of nitrogens with one attached hydrogen (secondary N) is 2. The van der Waals surface area contributed by atoms with Crippen molar-refractivity contribution < 1.29 is 18.0 Å². The average Bonchev–Trinajstić information content (AvgIpc) is 3.21. The monoisotopic (exact) mass is 462 g/mol. The minimum Gasteiger partial charge on any atom is -0.348 e. The number of sulfone groups is 1. The van der Waals surface area contributed by atoms with Crippen LogP contribution in [0.5, 0.6) is 0 Å². The van der Waals surface area contributed by atoms with E-state index in [1.54, 1.807) is 24.3 Å². The van der Waals surface area contributed by atoms with Gasteiger partial charge in [-0.2, -0.15) is 5.10 Å². The summed E-state index contributed by atoms with van der Waals surface area (Å²) in [5.41, 5.74) is 2.61. The van der Waals surface area contributed by atoms with Crippen molar-refractivity contribution in [3.8, 4) is 5.69 Å². The second kappa shape index (κ2) is 8.84. The van der Waals surface area contributed by atoms with Crippen LogP contribution in [0.1, 0.15) is 43.4 Å². The molecule has 0 unspecified atom stereocenters. The molecule has 31 heavy (non-hydrogen) atoms. The third-order valence-electron chi connectivity index (χ3n) is 5.40. The molecule has 2 N–H and O–H groups in total. The van der Waals surface area contributed by atoms with Gasteiger partial charge < -0.3 is 10.6 Å². The number of hydrogen-bond acceptors (Lipinski definition) is 5. The highest BCUT2D eigenvalue weighted by Gasteiger charge is 2.33. The summed E-state index contributed by atoms with van der Waals surface area (Å²) in [6.45, 7) is 0.373. The van der Waals surface area contributed by atoms with Gasteiger partial charge in [0.1, 0.15) is 5.82 Å². The zero-order chi connectivity index (χ0) is 22.0. The zero-order valence-electron chi connectivity index (χ0n) is 16.9. The van der Waals surface area contributed by atoms with E-state index in [0.29, 0.717) is 34.9 Å². The fourth-order valence-corrected chi connectivity index (χ4v) is 5.56. The molecule has 0 fully saturated rings. The lowest BCUT2D eigenvalue weighted by atomic mass is 9.97. The number of amides is 2. The van der Waals surface area contributed by atoms with Gasteiger partial charge >= 0.3 is 11.8 Å². The molecule has 0 atom stereocenters. The SMILES string of the molecule is O=C(NCCC1=CCCCC1)C(=O)Nc1c2c(nn1-c1cccc(Cl)c1)CS(=O)(=O)C2. The molecule has 164 valence electrons. The molecule has 8 nitrogen and oxygen atoms in total. The minimum absolute atomic E-state index is 0.175. The third kappa shape index (κ3) is 4.99. The van der Waals surface area contributed by atoms with Crippen molar-refractivity contribution in [3.63, 3.8) is 0 Å². The molecule has 1 aliphatic carbocycles. The molecule has 4 rings (SSSR count). The molecule has 0 saturated heterocycles. The van der Waals surface area contributed by atoms with Crippen molar-refractivity contribution in [1.29, 1.82) is 0 Å². The number of carbonyl (C=O) groups is 2. The molecule has 1 aromatic carbocycles. The molecule has 0 spiro atoms. The Bertz CT molecular complexity index is 1170. The van der Waals surface area contributed by atoms with E-state index in [1.165, 1.54) is 16.7 Å². The molecule has 0 radical (unpaired) electrons. The molecular weight excluding hydrogens is 440 g/mol. The maximum atomic E-state index is 12.5. The van der Waals surface area contributed by atoms with Gasteiger partial charge in [-0.25, -0.2) is 13.1 Å². The fourth-order valence-electron chi connectivity index (χ4n) is 3.88. The number of aromatic nitrogens is 2. The van der Waals surface area contributed by atoms with Crippen LogP contribution in [0.15, 0.2) is 35.9 Å². The summed E-state index contributed by atoms with van der Waals surface area (Å²) < 4.78 is 25.5. The highest BCUT2D eigenvalue weighted by atomic mass is 35.5. The van der Waals surface area contributed by atoms with Gasteiger partial charge in [0.2, 0.25) is 0 Å². The van der Waals surface area contributed by atoms with Gasteiger partial charge in [0, 0.05) is 17.1 Å². The van der Waals surface area contributed by atoms with Crippen LogP contribution in [0.2, 0.25) is 5.02 Å². The van der Waals surface area contributed by atoms with Crippen molar-refractivity contribution in [2.45, 2.75) is 43.6 Å². The standard InChI is InChI=1S/C21H23ClN4O4S/c22-15-7-4-8-16(11-15)26-19(17-12-31(29,30)13-18(17)25-26)24-21(28)20(27)23-10-9-14-5-2-1-3-6-14/h4-5,7-8,11H,1-3,6,9-10,12-13H2,(H,23,27)(H,24,28). The van der Waals surface area contributed by atoms with Gasteiger partial charge in [0.15, 0.2) is 9.84 Å². The van der Waals surface area contributed by atoms with Gasteiger partial charge in [0.25, 0.3) is 0 Å². The lowest BCUT2D eigenvalue weighted by molar-refractivity contribution is -0.136. The first kappa shape index (κ1) is 21.6. The second-order valence-corrected chi connectivity index (χ2v) is 10.3. The summed E-state index contributed by atoms with van der Waals surface area (Å²) in [5.74, 6) is -1.92. The number of halogens is 1. The van der Waals surface area contributed by atoms with Gasteiger partial charge in [0.05, 0.1) is 22.9 Å². The maximum absolute atomic E-state index is 12.5. The quantitative estimate of drug-likeness (QED) is 0.524. The minimum atomic E-state index is -3.33. The Balaban J connectivity index is 1.50. The van der Waals surface area contributed by atoms with Crippen molar-refractivity contribution in [2.24, 2.45) is 0 Å². The molecular formula is C21H23ClN4O4S. The molecule has 10 heteroatoms. The number of fused-ring (bicyclic) bond motifs is 1. The Morgan fingerprint density at radius 2 is 2.00 bits per heavy atom. The maximum Gasteiger partial charge on any atom is 0.314 e. The normalized spacial score (nSPS) is 17.0. The molecule has 0 saturated carbocycles. The van der Waals surface area contributed by atoms with Crippen molar-refractivity contribution in [2.75, 3.05) is 11.9 Å². The summed E-state index contributed by atoms with van der Waals surface area (Å²) in [7, 11) is -3.33. The lowest BCUT2D eigenvalue weighted by Gasteiger charge is -2.13. The number of nitrogens with zero attached hydrogens (tertiary/aromatic N) is 2. The predicted octanol–water partition coefficient (Wildman–Crippen LogP) is 2.90. The molecule has 2 aliphatic rings. The van der Waals surface area contributed by atoms with Crippen LogP contribution in [-0.2, 0) is 30.9 Å². The first-order valence-corrected chi connectivity index (χ1v) is 12.4. The van der Waals surface area contributed by atoms with Crippen LogP contribution >= 0.6 is 11.6 Å². The Hall–Kier alpha value is -2.65. The number of anilines is 1. The zero-order valence-corrected chi connectivity index (χ0v) is 18.4. The summed E-state index contributed by atoms with van der Waals surface area (Å²) in [6.07, 6.45) is 7.35. The average molecular weight is 463 g/mol. The highest BCUT2D eigenvalue weighted by molar-refractivity contribution is 7.90. The first-order valence-electron chi connectivity index (χ1n) is 10.2. The van der Waals surface area contributed by atoms with Gasteiger partial charge in [-0.05, 0) is 50.3 Å². The van der Waals surface area contributed by atoms with Gasteiger partial charge in [-0.3, -0.25) is 9.59 Å². The second-order valence-electron chi connectivity index (χ2n) is 7.77. The molecule has 1 aromatic heterocycles. The Labute approximate surface area is 185 Å². The van der Waals surface area contributed by atoms with Crippen LogP contribution in [0.25, 0.3) is 5.69 Å². The molecule has 2 aromatic rings. The Kier molecular flexibility index (Phi) is 6.15. The number of hydrogen-bond donors (Lipinski definition) is 2. The number of benzene rings is 1. The summed E-state index contributed by atoms with van der Waals surface area (Å²) >= 11 is 6.07. The van der Waals surface area contributed by atoms with Crippen LogP contribution in [0.4, 0.5) is 5.82 Å². The van der Waals surface area contributed by atoms with E-state index in [0.717, 1.165) is 19.3 Å². The van der Waals surface area contributed by atoms with E-state index in [4.69, 9.17) is 11.6 Å². The lowest BCUT2D eigenvalue weighted by Crippen LogP contribution is -2.36. The van der Waals surface area contributed by atoms with E-state index in [-0.39, 0.29) is 17.3 Å².